The fourth-order valence-electron chi connectivity index (χ4n) is 3.18. The molecule has 0 N–H and O–H groups in total. The van der Waals surface area contributed by atoms with Crippen LogP contribution in [0.4, 0.5) is 5.69 Å². The standard InChI is InChI=1S/C19H26N4O2/c1-4-5-10-23-19(20-13-21-23)15-11-18(24)22(12-15)16-6-8-17(9-7-16)25-14(2)3/h6-9,13-15H,4-5,10-12H2,1-3H3/t15-/m1/s1. The summed E-state index contributed by atoms with van der Waals surface area (Å²) in [7, 11) is 0. The number of benzene rings is 1. The Bertz CT molecular complexity index is 708. The lowest BCUT2D eigenvalue weighted by Crippen LogP contribution is -2.24. The highest BCUT2D eigenvalue weighted by Crippen LogP contribution is 2.31. The van der Waals surface area contributed by atoms with Crippen molar-refractivity contribution >= 4 is 11.6 Å². The second-order valence-electron chi connectivity index (χ2n) is 6.76. The molecule has 0 unspecified atom stereocenters. The van der Waals surface area contributed by atoms with Crippen molar-refractivity contribution in [2.45, 2.75) is 58.6 Å². The maximum absolute atomic E-state index is 12.5. The minimum atomic E-state index is 0.0958. The number of ether oxygens (including phenoxy) is 1. The lowest BCUT2D eigenvalue weighted by molar-refractivity contribution is -0.117. The Balaban J connectivity index is 1.71. The van der Waals surface area contributed by atoms with Gasteiger partial charge < -0.3 is 9.64 Å². The highest BCUT2D eigenvalue weighted by atomic mass is 16.5. The van der Waals surface area contributed by atoms with Gasteiger partial charge in [0.25, 0.3) is 0 Å². The number of carbonyl (C=O) groups is 1. The third-order valence-electron chi connectivity index (χ3n) is 4.38. The average Bonchev–Trinajstić information content (AvgIpc) is 3.19. The molecule has 1 aliphatic heterocycles. The molecule has 0 aliphatic carbocycles. The molecule has 1 fully saturated rings. The van der Waals surface area contributed by atoms with Crippen molar-refractivity contribution < 1.29 is 9.53 Å². The number of hydrogen-bond acceptors (Lipinski definition) is 4. The maximum Gasteiger partial charge on any atom is 0.227 e. The summed E-state index contributed by atoms with van der Waals surface area (Å²) in [5.41, 5.74) is 0.906. The largest absolute Gasteiger partial charge is 0.491 e. The molecule has 1 aliphatic rings. The first kappa shape index (κ1) is 17.5. The lowest BCUT2D eigenvalue weighted by Gasteiger charge is -2.18. The summed E-state index contributed by atoms with van der Waals surface area (Å²) in [5, 5.41) is 4.32. The second-order valence-corrected chi connectivity index (χ2v) is 6.76. The van der Waals surface area contributed by atoms with Crippen LogP contribution in [-0.4, -0.2) is 33.3 Å². The van der Waals surface area contributed by atoms with Gasteiger partial charge in [0, 0.05) is 31.1 Å². The highest BCUT2D eigenvalue weighted by Gasteiger charge is 2.34. The molecule has 0 bridgehead atoms. The first-order valence-corrected chi connectivity index (χ1v) is 9.03. The Morgan fingerprint density at radius 3 is 2.72 bits per heavy atom. The molecule has 1 aromatic carbocycles. The summed E-state index contributed by atoms with van der Waals surface area (Å²) in [6.45, 7) is 7.66. The molecule has 2 aromatic rings. The zero-order chi connectivity index (χ0) is 17.8. The smallest absolute Gasteiger partial charge is 0.227 e. The second kappa shape index (κ2) is 7.68. The molecule has 2 heterocycles. The Morgan fingerprint density at radius 1 is 1.28 bits per heavy atom. The molecular weight excluding hydrogens is 316 g/mol. The molecule has 134 valence electrons. The fraction of sp³-hybridized carbons (Fsp3) is 0.526. The minimum absolute atomic E-state index is 0.0958. The van der Waals surface area contributed by atoms with Crippen molar-refractivity contribution in [1.82, 2.24) is 14.8 Å². The van der Waals surface area contributed by atoms with Gasteiger partial charge in [-0.3, -0.25) is 4.79 Å². The number of rotatable bonds is 7. The third kappa shape index (κ3) is 4.00. The predicted octanol–water partition coefficient (Wildman–Crippen LogP) is 3.39. The molecule has 1 amide bonds. The SMILES string of the molecule is CCCCn1ncnc1[C@@H]1CC(=O)N(c2ccc(OC(C)C)cc2)C1. The van der Waals surface area contributed by atoms with Crippen LogP contribution in [0.1, 0.15) is 51.8 Å². The van der Waals surface area contributed by atoms with E-state index in [1.165, 1.54) is 0 Å². The van der Waals surface area contributed by atoms with E-state index in [4.69, 9.17) is 4.74 Å². The van der Waals surface area contributed by atoms with Crippen LogP contribution in [0.5, 0.6) is 5.75 Å². The van der Waals surface area contributed by atoms with Gasteiger partial charge in [-0.2, -0.15) is 5.10 Å². The zero-order valence-electron chi connectivity index (χ0n) is 15.2. The van der Waals surface area contributed by atoms with Crippen molar-refractivity contribution in [2.24, 2.45) is 0 Å². The summed E-state index contributed by atoms with van der Waals surface area (Å²) in [6.07, 6.45) is 4.39. The first-order chi connectivity index (χ1) is 12.1. The van der Waals surface area contributed by atoms with Crippen LogP contribution in [0.3, 0.4) is 0 Å². The molecule has 1 aromatic heterocycles. The van der Waals surface area contributed by atoms with Gasteiger partial charge in [0.15, 0.2) is 0 Å². The van der Waals surface area contributed by atoms with E-state index >= 15 is 0 Å². The Labute approximate surface area is 148 Å². The van der Waals surface area contributed by atoms with Gasteiger partial charge in [-0.05, 0) is 44.5 Å². The van der Waals surface area contributed by atoms with Gasteiger partial charge >= 0.3 is 0 Å². The minimum Gasteiger partial charge on any atom is -0.491 e. The molecule has 6 heteroatoms. The van der Waals surface area contributed by atoms with Crippen LogP contribution in [-0.2, 0) is 11.3 Å². The van der Waals surface area contributed by atoms with Crippen LogP contribution in [0.2, 0.25) is 0 Å². The van der Waals surface area contributed by atoms with E-state index in [2.05, 4.69) is 17.0 Å². The van der Waals surface area contributed by atoms with E-state index in [1.807, 2.05) is 47.7 Å². The summed E-state index contributed by atoms with van der Waals surface area (Å²) in [6, 6.07) is 7.72. The van der Waals surface area contributed by atoms with Crippen molar-refractivity contribution in [1.29, 1.82) is 0 Å². The number of unbranched alkanes of at least 4 members (excludes halogenated alkanes) is 1. The van der Waals surface area contributed by atoms with Gasteiger partial charge in [-0.1, -0.05) is 13.3 Å². The Morgan fingerprint density at radius 2 is 2.04 bits per heavy atom. The number of nitrogens with zero attached hydrogens (tertiary/aromatic N) is 4. The summed E-state index contributed by atoms with van der Waals surface area (Å²) in [5.74, 6) is 1.97. The van der Waals surface area contributed by atoms with Crippen LogP contribution < -0.4 is 9.64 Å². The monoisotopic (exact) mass is 342 g/mol. The van der Waals surface area contributed by atoms with Crippen molar-refractivity contribution in [3.05, 3.63) is 36.4 Å². The Kier molecular flexibility index (Phi) is 5.36. The highest BCUT2D eigenvalue weighted by molar-refractivity contribution is 5.96. The lowest BCUT2D eigenvalue weighted by atomic mass is 10.1. The van der Waals surface area contributed by atoms with Gasteiger partial charge in [0.2, 0.25) is 5.91 Å². The van der Waals surface area contributed by atoms with E-state index in [9.17, 15) is 4.79 Å². The maximum atomic E-state index is 12.5. The topological polar surface area (TPSA) is 60.2 Å². The van der Waals surface area contributed by atoms with Crippen molar-refractivity contribution in [3.63, 3.8) is 0 Å². The zero-order valence-corrected chi connectivity index (χ0v) is 15.2. The van der Waals surface area contributed by atoms with Crippen molar-refractivity contribution in [3.8, 4) is 5.75 Å². The molecule has 6 nitrogen and oxygen atoms in total. The number of anilines is 1. The normalized spacial score (nSPS) is 17.5. The van der Waals surface area contributed by atoms with Crippen LogP contribution in [0, 0.1) is 0 Å². The number of carbonyl (C=O) groups excluding carboxylic acids is 1. The van der Waals surface area contributed by atoms with Gasteiger partial charge in [-0.15, -0.1) is 0 Å². The Hall–Kier alpha value is -2.37. The van der Waals surface area contributed by atoms with Gasteiger partial charge in [-0.25, -0.2) is 9.67 Å². The quantitative estimate of drug-likeness (QED) is 0.774. The van der Waals surface area contributed by atoms with Gasteiger partial charge in [0.05, 0.1) is 6.10 Å². The summed E-state index contributed by atoms with van der Waals surface area (Å²) < 4.78 is 7.62. The van der Waals surface area contributed by atoms with E-state index in [0.29, 0.717) is 13.0 Å². The number of amides is 1. The van der Waals surface area contributed by atoms with E-state index in [-0.39, 0.29) is 17.9 Å². The first-order valence-electron chi connectivity index (χ1n) is 9.03. The van der Waals surface area contributed by atoms with E-state index in [1.54, 1.807) is 6.33 Å². The molecule has 3 rings (SSSR count). The molecule has 25 heavy (non-hydrogen) atoms. The molecule has 0 saturated carbocycles. The van der Waals surface area contributed by atoms with Gasteiger partial charge in [0.1, 0.15) is 17.9 Å². The molecular formula is C19H26N4O2. The average molecular weight is 342 g/mol. The molecule has 0 spiro atoms. The van der Waals surface area contributed by atoms with Crippen LogP contribution in [0.15, 0.2) is 30.6 Å². The van der Waals surface area contributed by atoms with E-state index in [0.717, 1.165) is 36.6 Å². The molecule has 1 atom stereocenters. The summed E-state index contributed by atoms with van der Waals surface area (Å²) >= 11 is 0. The number of aryl methyl sites for hydroxylation is 1. The fourth-order valence-corrected chi connectivity index (χ4v) is 3.18. The van der Waals surface area contributed by atoms with Crippen LogP contribution in [0.25, 0.3) is 0 Å². The number of aromatic nitrogens is 3. The third-order valence-corrected chi connectivity index (χ3v) is 4.38. The van der Waals surface area contributed by atoms with Crippen molar-refractivity contribution in [2.75, 3.05) is 11.4 Å². The summed E-state index contributed by atoms with van der Waals surface area (Å²) in [4.78, 5) is 18.8. The predicted molar refractivity (Wildman–Crippen MR) is 96.8 cm³/mol. The van der Waals surface area contributed by atoms with E-state index < -0.39 is 0 Å². The molecule has 0 radical (unpaired) electrons. The number of hydrogen-bond donors (Lipinski definition) is 0. The van der Waals surface area contributed by atoms with Crippen LogP contribution >= 0.6 is 0 Å². The molecule has 1 saturated heterocycles.